The molecule has 1 aliphatic rings. The quantitative estimate of drug-likeness (QED) is 0.411. The van der Waals surface area contributed by atoms with E-state index in [1.165, 1.54) is 18.2 Å². The largest absolute Gasteiger partial charge is 0.356 e. The Labute approximate surface area is 164 Å². The van der Waals surface area contributed by atoms with Crippen LogP contribution < -0.4 is 5.32 Å². The highest BCUT2D eigenvalue weighted by Crippen LogP contribution is 2.26. The van der Waals surface area contributed by atoms with Crippen LogP contribution >= 0.6 is 11.6 Å². The molecular formula is C19H26ClN3O4. The molecule has 0 aromatic heterocycles. The fraction of sp³-hybridized carbons (Fsp3) is 0.579. The molecule has 8 heteroatoms. The van der Waals surface area contributed by atoms with Gasteiger partial charge in [-0.2, -0.15) is 0 Å². The number of piperidine rings is 1. The third kappa shape index (κ3) is 5.92. The molecule has 0 aliphatic carbocycles. The fourth-order valence-electron chi connectivity index (χ4n) is 3.24. The Morgan fingerprint density at radius 1 is 1.33 bits per heavy atom. The maximum atomic E-state index is 12.8. The van der Waals surface area contributed by atoms with E-state index in [0.717, 1.165) is 32.1 Å². The normalized spacial score (nSPS) is 16.8. The molecule has 0 radical (unpaired) electrons. The molecule has 2 amide bonds. The van der Waals surface area contributed by atoms with Crippen molar-refractivity contribution in [1.29, 1.82) is 0 Å². The molecule has 1 aromatic carbocycles. The zero-order valence-electron chi connectivity index (χ0n) is 15.6. The standard InChI is InChI=1S/C19H26ClN3O4/c1-2-3-4-5-10-21-18(24)14-7-6-11-22(13-14)19(25)16-12-15(23(26)27)8-9-17(16)20/h8-9,12,14H,2-7,10-11,13H2,1H3,(H,21,24). The van der Waals surface area contributed by atoms with E-state index in [9.17, 15) is 19.7 Å². The van der Waals surface area contributed by atoms with Crippen molar-refractivity contribution in [2.24, 2.45) is 5.92 Å². The molecule has 7 nitrogen and oxygen atoms in total. The van der Waals surface area contributed by atoms with Gasteiger partial charge < -0.3 is 10.2 Å². The number of nitrogens with zero attached hydrogens (tertiary/aromatic N) is 2. The number of benzene rings is 1. The first kappa shape index (κ1) is 21.2. The number of halogens is 1. The van der Waals surface area contributed by atoms with Crippen LogP contribution in [0.2, 0.25) is 5.02 Å². The maximum absolute atomic E-state index is 12.8. The summed E-state index contributed by atoms with van der Waals surface area (Å²) in [6.45, 7) is 3.61. The molecule has 0 spiro atoms. The molecular weight excluding hydrogens is 370 g/mol. The van der Waals surface area contributed by atoms with Crippen LogP contribution in [0.1, 0.15) is 55.8 Å². The lowest BCUT2D eigenvalue weighted by Gasteiger charge is -2.32. The summed E-state index contributed by atoms with van der Waals surface area (Å²) in [5.41, 5.74) is -0.0763. The van der Waals surface area contributed by atoms with Gasteiger partial charge in [0.1, 0.15) is 0 Å². The van der Waals surface area contributed by atoms with Crippen LogP contribution in [0.5, 0.6) is 0 Å². The Bertz CT molecular complexity index is 696. The summed E-state index contributed by atoms with van der Waals surface area (Å²) in [4.78, 5) is 37.1. The van der Waals surface area contributed by atoms with Crippen LogP contribution in [-0.2, 0) is 4.79 Å². The minimum Gasteiger partial charge on any atom is -0.356 e. The van der Waals surface area contributed by atoms with Gasteiger partial charge in [0.15, 0.2) is 0 Å². The molecule has 2 rings (SSSR count). The number of hydrogen-bond acceptors (Lipinski definition) is 4. The zero-order chi connectivity index (χ0) is 19.8. The minimum atomic E-state index is -0.557. The number of amides is 2. The van der Waals surface area contributed by atoms with Gasteiger partial charge in [-0.15, -0.1) is 0 Å². The van der Waals surface area contributed by atoms with Crippen LogP contribution in [0.15, 0.2) is 18.2 Å². The van der Waals surface area contributed by atoms with Crippen molar-refractivity contribution in [3.63, 3.8) is 0 Å². The molecule has 1 N–H and O–H groups in total. The monoisotopic (exact) mass is 395 g/mol. The first-order chi connectivity index (χ1) is 12.9. The number of nitrogens with one attached hydrogen (secondary N) is 1. The summed E-state index contributed by atoms with van der Waals surface area (Å²) in [5, 5.41) is 14.1. The van der Waals surface area contributed by atoms with Crippen molar-refractivity contribution in [3.8, 4) is 0 Å². The molecule has 1 atom stereocenters. The van der Waals surface area contributed by atoms with Gasteiger partial charge >= 0.3 is 0 Å². The first-order valence-electron chi connectivity index (χ1n) is 9.45. The number of likely N-dealkylation sites (tertiary alicyclic amines) is 1. The Morgan fingerprint density at radius 2 is 2.11 bits per heavy atom. The summed E-state index contributed by atoms with van der Waals surface area (Å²) in [6, 6.07) is 3.82. The predicted octanol–water partition coefficient (Wildman–Crippen LogP) is 3.80. The van der Waals surface area contributed by atoms with E-state index in [4.69, 9.17) is 11.6 Å². The fourth-order valence-corrected chi connectivity index (χ4v) is 3.44. The topological polar surface area (TPSA) is 92.6 Å². The van der Waals surface area contributed by atoms with Crippen molar-refractivity contribution >= 4 is 29.1 Å². The Morgan fingerprint density at radius 3 is 2.81 bits per heavy atom. The van der Waals surface area contributed by atoms with Gasteiger partial charge in [-0.1, -0.05) is 37.8 Å². The lowest BCUT2D eigenvalue weighted by atomic mass is 9.96. The molecule has 0 saturated carbocycles. The molecule has 1 saturated heterocycles. The van der Waals surface area contributed by atoms with Crippen LogP contribution in [0.4, 0.5) is 5.69 Å². The van der Waals surface area contributed by atoms with E-state index in [-0.39, 0.29) is 34.0 Å². The Hall–Kier alpha value is -2.15. The summed E-state index contributed by atoms with van der Waals surface area (Å²) in [7, 11) is 0. The summed E-state index contributed by atoms with van der Waals surface area (Å²) in [5.74, 6) is -0.662. The zero-order valence-corrected chi connectivity index (χ0v) is 16.3. The van der Waals surface area contributed by atoms with E-state index < -0.39 is 4.92 Å². The van der Waals surface area contributed by atoms with Crippen molar-refractivity contribution in [1.82, 2.24) is 10.2 Å². The van der Waals surface area contributed by atoms with Crippen LogP contribution in [0.3, 0.4) is 0 Å². The van der Waals surface area contributed by atoms with E-state index in [1.807, 2.05) is 0 Å². The Kier molecular flexibility index (Phi) is 8.03. The summed E-state index contributed by atoms with van der Waals surface area (Å²) < 4.78 is 0. The highest BCUT2D eigenvalue weighted by Gasteiger charge is 2.30. The lowest BCUT2D eigenvalue weighted by molar-refractivity contribution is -0.384. The number of carbonyl (C=O) groups excluding carboxylic acids is 2. The van der Waals surface area contributed by atoms with Crippen molar-refractivity contribution in [2.45, 2.75) is 45.4 Å². The number of carbonyl (C=O) groups is 2. The SMILES string of the molecule is CCCCCCNC(=O)C1CCCN(C(=O)c2cc([N+](=O)[O-])ccc2Cl)C1. The summed E-state index contributed by atoms with van der Waals surface area (Å²) >= 11 is 6.07. The second-order valence-electron chi connectivity index (χ2n) is 6.86. The molecule has 1 unspecified atom stereocenters. The highest BCUT2D eigenvalue weighted by molar-refractivity contribution is 6.33. The molecule has 27 heavy (non-hydrogen) atoms. The molecule has 1 aromatic rings. The Balaban J connectivity index is 1.97. The van der Waals surface area contributed by atoms with Gasteiger partial charge in [0.05, 0.1) is 21.4 Å². The van der Waals surface area contributed by atoms with Crippen molar-refractivity contribution < 1.29 is 14.5 Å². The first-order valence-corrected chi connectivity index (χ1v) is 9.82. The van der Waals surface area contributed by atoms with Crippen LogP contribution in [-0.4, -0.2) is 41.3 Å². The van der Waals surface area contributed by atoms with Gasteiger partial charge in [-0.3, -0.25) is 19.7 Å². The maximum Gasteiger partial charge on any atom is 0.270 e. The number of unbranched alkanes of at least 4 members (excludes halogenated alkanes) is 3. The van der Waals surface area contributed by atoms with Crippen molar-refractivity contribution in [3.05, 3.63) is 38.9 Å². The molecule has 0 bridgehead atoms. The average Bonchev–Trinajstić information content (AvgIpc) is 2.67. The van der Waals surface area contributed by atoms with E-state index in [2.05, 4.69) is 12.2 Å². The summed E-state index contributed by atoms with van der Waals surface area (Å²) in [6.07, 6.45) is 5.80. The third-order valence-corrected chi connectivity index (χ3v) is 5.13. The smallest absolute Gasteiger partial charge is 0.270 e. The van der Waals surface area contributed by atoms with Gasteiger partial charge in [0.2, 0.25) is 5.91 Å². The predicted molar refractivity (Wildman–Crippen MR) is 104 cm³/mol. The number of rotatable bonds is 8. The van der Waals surface area contributed by atoms with Gasteiger partial charge in [-0.05, 0) is 25.3 Å². The van der Waals surface area contributed by atoms with Crippen LogP contribution in [0.25, 0.3) is 0 Å². The average molecular weight is 396 g/mol. The van der Waals surface area contributed by atoms with E-state index in [1.54, 1.807) is 4.90 Å². The molecule has 148 valence electrons. The van der Waals surface area contributed by atoms with Gasteiger partial charge in [0, 0.05) is 31.8 Å². The molecule has 1 heterocycles. The number of nitro groups is 1. The number of non-ortho nitro benzene ring substituents is 1. The van der Waals surface area contributed by atoms with Crippen molar-refractivity contribution in [2.75, 3.05) is 19.6 Å². The van der Waals surface area contributed by atoms with Gasteiger partial charge in [0.25, 0.3) is 11.6 Å². The van der Waals surface area contributed by atoms with E-state index >= 15 is 0 Å². The minimum absolute atomic E-state index is 0.0332. The van der Waals surface area contributed by atoms with E-state index in [0.29, 0.717) is 26.1 Å². The second-order valence-corrected chi connectivity index (χ2v) is 7.27. The molecule has 1 fully saturated rings. The number of nitro benzene ring substituents is 1. The second kappa shape index (κ2) is 10.3. The highest BCUT2D eigenvalue weighted by atomic mass is 35.5. The lowest BCUT2D eigenvalue weighted by Crippen LogP contribution is -2.45. The number of hydrogen-bond donors (Lipinski definition) is 1. The molecule has 1 aliphatic heterocycles. The van der Waals surface area contributed by atoms with Crippen LogP contribution in [0, 0.1) is 16.0 Å². The van der Waals surface area contributed by atoms with Gasteiger partial charge in [-0.25, -0.2) is 0 Å². The third-order valence-electron chi connectivity index (χ3n) is 4.80.